The number of tetrazole rings is 1. The van der Waals surface area contributed by atoms with Crippen molar-refractivity contribution in [3.8, 4) is 5.69 Å². The number of hydrogen-bond acceptors (Lipinski definition) is 5. The molecule has 3 aromatic rings. The summed E-state index contributed by atoms with van der Waals surface area (Å²) in [5, 5.41) is 16.2. The average molecular weight is 361 g/mol. The molecule has 1 aromatic heterocycles. The Balaban J connectivity index is 1.76. The van der Waals surface area contributed by atoms with Gasteiger partial charge in [-0.1, -0.05) is 30.3 Å². The molecule has 1 aliphatic carbocycles. The molecule has 0 saturated heterocycles. The Morgan fingerprint density at radius 2 is 1.81 bits per heavy atom. The van der Waals surface area contributed by atoms with Gasteiger partial charge in [0.25, 0.3) is 0 Å². The second-order valence-electron chi connectivity index (χ2n) is 7.25. The van der Waals surface area contributed by atoms with Gasteiger partial charge in [0.15, 0.2) is 11.6 Å². The van der Waals surface area contributed by atoms with Crippen molar-refractivity contribution in [1.29, 1.82) is 0 Å². The predicted octanol–water partition coefficient (Wildman–Crippen LogP) is 4.04. The van der Waals surface area contributed by atoms with Crippen LogP contribution in [0.25, 0.3) is 5.69 Å². The number of anilines is 1. The summed E-state index contributed by atoms with van der Waals surface area (Å²) in [5.41, 5.74) is 4.79. The fourth-order valence-electron chi connectivity index (χ4n) is 3.59. The number of nitrogens with zero attached hydrogens (tertiary/aromatic N) is 4. The van der Waals surface area contributed by atoms with E-state index in [9.17, 15) is 4.79 Å². The molecule has 6 nitrogen and oxygen atoms in total. The lowest BCUT2D eigenvalue weighted by molar-refractivity contribution is 0.101. The molecule has 1 saturated carbocycles. The molecule has 0 amide bonds. The largest absolute Gasteiger partial charge is 0.374 e. The van der Waals surface area contributed by atoms with Gasteiger partial charge < -0.3 is 5.32 Å². The van der Waals surface area contributed by atoms with Crippen LogP contribution >= 0.6 is 0 Å². The van der Waals surface area contributed by atoms with Crippen LogP contribution in [0.2, 0.25) is 0 Å². The van der Waals surface area contributed by atoms with Crippen molar-refractivity contribution in [2.45, 2.75) is 39.7 Å². The first-order valence-electron chi connectivity index (χ1n) is 9.27. The van der Waals surface area contributed by atoms with Crippen LogP contribution in [0, 0.1) is 19.8 Å². The summed E-state index contributed by atoms with van der Waals surface area (Å²) < 4.78 is 1.84. The number of aryl methyl sites for hydroxylation is 2. The summed E-state index contributed by atoms with van der Waals surface area (Å²) in [7, 11) is 0. The molecule has 138 valence electrons. The topological polar surface area (TPSA) is 72.7 Å². The summed E-state index contributed by atoms with van der Waals surface area (Å²) in [6, 6.07) is 13.7. The fourth-order valence-corrected chi connectivity index (χ4v) is 3.59. The third kappa shape index (κ3) is 3.35. The van der Waals surface area contributed by atoms with Crippen molar-refractivity contribution >= 4 is 11.5 Å². The summed E-state index contributed by atoms with van der Waals surface area (Å²) in [6.07, 6.45) is 2.25. The molecular weight excluding hydrogens is 338 g/mol. The number of nitrogens with one attached hydrogen (secondary N) is 1. The van der Waals surface area contributed by atoms with E-state index in [0.29, 0.717) is 11.5 Å². The fraction of sp³-hybridized carbons (Fsp3) is 0.333. The molecule has 1 unspecified atom stereocenters. The number of carbonyl (C=O) groups excluding carboxylic acids is 1. The Hall–Kier alpha value is -3.02. The third-order valence-corrected chi connectivity index (χ3v) is 5.13. The van der Waals surface area contributed by atoms with Crippen molar-refractivity contribution in [2.75, 3.05) is 5.32 Å². The highest BCUT2D eigenvalue weighted by Gasteiger charge is 2.37. The maximum Gasteiger partial charge on any atom is 0.179 e. The van der Waals surface area contributed by atoms with Gasteiger partial charge in [-0.25, -0.2) is 0 Å². The van der Waals surface area contributed by atoms with E-state index in [1.54, 1.807) is 6.92 Å². The van der Waals surface area contributed by atoms with Crippen molar-refractivity contribution < 1.29 is 4.79 Å². The number of hydrogen-bond donors (Lipinski definition) is 1. The van der Waals surface area contributed by atoms with Crippen LogP contribution in [0.3, 0.4) is 0 Å². The molecule has 27 heavy (non-hydrogen) atoms. The standard InChI is InChI=1S/C21H23N5O/c1-13-7-6-8-14(2)20(13)26-21(23-24-25-26)19(16-11-12-16)22-18-10-5-4-9-17(18)15(3)27/h4-10,16,19,22H,11-12H2,1-3H3. The van der Waals surface area contributed by atoms with Gasteiger partial charge in [0.1, 0.15) is 0 Å². The van der Waals surface area contributed by atoms with Gasteiger partial charge in [0.05, 0.1) is 11.7 Å². The lowest BCUT2D eigenvalue weighted by atomic mass is 10.1. The van der Waals surface area contributed by atoms with Crippen LogP contribution in [0.1, 0.15) is 53.1 Å². The molecule has 1 N–H and O–H groups in total. The summed E-state index contributed by atoms with van der Waals surface area (Å²) >= 11 is 0. The minimum Gasteiger partial charge on any atom is -0.374 e. The van der Waals surface area contributed by atoms with E-state index in [0.717, 1.165) is 41.2 Å². The first-order valence-corrected chi connectivity index (χ1v) is 9.27. The van der Waals surface area contributed by atoms with Gasteiger partial charge in [-0.3, -0.25) is 4.79 Å². The molecular formula is C21H23N5O. The number of ketones is 1. The van der Waals surface area contributed by atoms with Gasteiger partial charge >= 0.3 is 0 Å². The molecule has 0 spiro atoms. The van der Waals surface area contributed by atoms with Crippen LogP contribution in [0.4, 0.5) is 5.69 Å². The summed E-state index contributed by atoms with van der Waals surface area (Å²) in [4.78, 5) is 12.0. The minimum atomic E-state index is -0.0421. The zero-order chi connectivity index (χ0) is 19.0. The van der Waals surface area contributed by atoms with Crippen LogP contribution in [-0.2, 0) is 0 Å². The number of rotatable bonds is 6. The zero-order valence-corrected chi connectivity index (χ0v) is 15.8. The van der Waals surface area contributed by atoms with Crippen molar-refractivity contribution in [3.05, 3.63) is 65.0 Å². The number of carbonyl (C=O) groups is 1. The van der Waals surface area contributed by atoms with E-state index >= 15 is 0 Å². The summed E-state index contributed by atoms with van der Waals surface area (Å²) in [6.45, 7) is 5.73. The van der Waals surface area contributed by atoms with Gasteiger partial charge in [0.2, 0.25) is 0 Å². The number of para-hydroxylation sites is 2. The molecule has 0 radical (unpaired) electrons. The van der Waals surface area contributed by atoms with Crippen LogP contribution in [-0.4, -0.2) is 26.0 Å². The molecule has 1 fully saturated rings. The van der Waals surface area contributed by atoms with Gasteiger partial charge in [-0.15, -0.1) is 5.10 Å². The van der Waals surface area contributed by atoms with E-state index < -0.39 is 0 Å². The van der Waals surface area contributed by atoms with E-state index in [4.69, 9.17) is 0 Å². The quantitative estimate of drug-likeness (QED) is 0.671. The molecule has 6 heteroatoms. The summed E-state index contributed by atoms with van der Waals surface area (Å²) in [5.74, 6) is 1.29. The Bertz CT molecular complexity index is 969. The van der Waals surface area contributed by atoms with E-state index in [1.165, 1.54) is 0 Å². The Morgan fingerprint density at radius 1 is 1.11 bits per heavy atom. The smallest absolute Gasteiger partial charge is 0.179 e. The number of aromatic nitrogens is 4. The lowest BCUT2D eigenvalue weighted by Crippen LogP contribution is -2.20. The van der Waals surface area contributed by atoms with E-state index in [-0.39, 0.29) is 11.8 Å². The highest BCUT2D eigenvalue weighted by atomic mass is 16.1. The van der Waals surface area contributed by atoms with Crippen LogP contribution < -0.4 is 5.32 Å². The molecule has 2 aromatic carbocycles. The second kappa shape index (κ2) is 6.95. The third-order valence-electron chi connectivity index (χ3n) is 5.13. The van der Waals surface area contributed by atoms with E-state index in [2.05, 4.69) is 46.8 Å². The maximum absolute atomic E-state index is 12.0. The number of Topliss-reactive ketones (excluding diaryl/α,β-unsaturated/α-hetero) is 1. The molecule has 4 rings (SSSR count). The van der Waals surface area contributed by atoms with E-state index in [1.807, 2.05) is 35.0 Å². The van der Waals surface area contributed by atoms with Gasteiger partial charge in [0, 0.05) is 11.3 Å². The van der Waals surface area contributed by atoms with Gasteiger partial charge in [-0.2, -0.15) is 4.68 Å². The highest BCUT2D eigenvalue weighted by molar-refractivity contribution is 5.99. The van der Waals surface area contributed by atoms with Crippen LogP contribution in [0.5, 0.6) is 0 Å². The first kappa shape index (κ1) is 17.4. The lowest BCUT2D eigenvalue weighted by Gasteiger charge is -2.21. The Labute approximate surface area is 158 Å². The first-order chi connectivity index (χ1) is 13.1. The Kier molecular flexibility index (Phi) is 4.48. The Morgan fingerprint density at radius 3 is 2.48 bits per heavy atom. The predicted molar refractivity (Wildman–Crippen MR) is 104 cm³/mol. The molecule has 0 bridgehead atoms. The molecule has 1 aliphatic rings. The minimum absolute atomic E-state index is 0.0421. The molecule has 1 atom stereocenters. The van der Waals surface area contributed by atoms with Crippen LogP contribution in [0.15, 0.2) is 42.5 Å². The van der Waals surface area contributed by atoms with Crippen molar-refractivity contribution in [2.24, 2.45) is 5.92 Å². The number of benzene rings is 2. The van der Waals surface area contributed by atoms with Crippen molar-refractivity contribution in [3.63, 3.8) is 0 Å². The highest BCUT2D eigenvalue weighted by Crippen LogP contribution is 2.43. The maximum atomic E-state index is 12.0. The second-order valence-corrected chi connectivity index (χ2v) is 7.25. The molecule has 1 heterocycles. The SMILES string of the molecule is CC(=O)c1ccccc1NC(c1nnnn1-c1c(C)cccc1C)C1CC1. The average Bonchev–Trinajstić information content (AvgIpc) is 3.38. The monoisotopic (exact) mass is 361 g/mol. The van der Waals surface area contributed by atoms with Crippen molar-refractivity contribution in [1.82, 2.24) is 20.2 Å². The normalized spacial score (nSPS) is 14.8. The zero-order valence-electron chi connectivity index (χ0n) is 15.8. The van der Waals surface area contributed by atoms with Gasteiger partial charge in [-0.05, 0) is 73.2 Å². The molecule has 0 aliphatic heterocycles.